The molecule has 0 atom stereocenters. The lowest BCUT2D eigenvalue weighted by Gasteiger charge is -2.24. The summed E-state index contributed by atoms with van der Waals surface area (Å²) in [5.41, 5.74) is 0.292. The molecule has 5 nitrogen and oxygen atoms in total. The highest BCUT2D eigenvalue weighted by atomic mass is 79.9. The SMILES string of the molecule is O=C(CN(c1cccc(Br)c1)S(=O)(=O)c1ccccc1)Nc1ccccc1F. The summed E-state index contributed by atoms with van der Waals surface area (Å²) >= 11 is 3.31. The maximum absolute atomic E-state index is 13.8. The molecule has 28 heavy (non-hydrogen) atoms. The van der Waals surface area contributed by atoms with E-state index in [2.05, 4.69) is 21.2 Å². The number of sulfonamides is 1. The van der Waals surface area contributed by atoms with E-state index in [4.69, 9.17) is 0 Å². The van der Waals surface area contributed by atoms with Crippen LogP contribution < -0.4 is 9.62 Å². The van der Waals surface area contributed by atoms with Crippen LogP contribution in [0.5, 0.6) is 0 Å². The first-order valence-electron chi connectivity index (χ1n) is 8.25. The molecule has 0 bridgehead atoms. The van der Waals surface area contributed by atoms with Crippen LogP contribution in [-0.4, -0.2) is 20.9 Å². The number of halogens is 2. The summed E-state index contributed by atoms with van der Waals surface area (Å²) < 4.78 is 41.8. The molecule has 0 unspecified atom stereocenters. The Balaban J connectivity index is 1.95. The van der Waals surface area contributed by atoms with Gasteiger partial charge in [-0.15, -0.1) is 0 Å². The standard InChI is InChI=1S/C20H16BrFN2O3S/c21-15-7-6-8-16(13-15)24(28(26,27)17-9-2-1-3-10-17)14-20(25)23-19-12-5-4-11-18(19)22/h1-13H,14H2,(H,23,25). The third-order valence-electron chi connectivity index (χ3n) is 3.86. The molecule has 0 heterocycles. The number of carbonyl (C=O) groups excluding carboxylic acids is 1. The number of para-hydroxylation sites is 1. The van der Waals surface area contributed by atoms with Crippen LogP contribution in [-0.2, 0) is 14.8 Å². The van der Waals surface area contributed by atoms with Crippen molar-refractivity contribution >= 4 is 43.2 Å². The second-order valence-corrected chi connectivity index (χ2v) is 8.61. The molecule has 0 saturated carbocycles. The van der Waals surface area contributed by atoms with Crippen LogP contribution in [0.3, 0.4) is 0 Å². The molecular weight excluding hydrogens is 447 g/mol. The zero-order valence-corrected chi connectivity index (χ0v) is 17.0. The monoisotopic (exact) mass is 462 g/mol. The smallest absolute Gasteiger partial charge is 0.264 e. The first-order chi connectivity index (χ1) is 13.4. The summed E-state index contributed by atoms with van der Waals surface area (Å²) in [5, 5.41) is 2.42. The average Bonchev–Trinajstić information content (AvgIpc) is 2.68. The van der Waals surface area contributed by atoms with Gasteiger partial charge in [-0.25, -0.2) is 12.8 Å². The second kappa shape index (κ2) is 8.53. The first-order valence-corrected chi connectivity index (χ1v) is 10.5. The maximum atomic E-state index is 13.8. The van der Waals surface area contributed by atoms with E-state index < -0.39 is 28.3 Å². The molecular formula is C20H16BrFN2O3S. The highest BCUT2D eigenvalue weighted by Crippen LogP contribution is 2.26. The van der Waals surface area contributed by atoms with E-state index in [1.165, 1.54) is 30.3 Å². The molecule has 0 aliphatic carbocycles. The van der Waals surface area contributed by atoms with Gasteiger partial charge in [0.2, 0.25) is 5.91 Å². The Bertz CT molecular complexity index is 1090. The Morgan fingerprint density at radius 3 is 2.32 bits per heavy atom. The van der Waals surface area contributed by atoms with Gasteiger partial charge in [-0.05, 0) is 42.5 Å². The summed E-state index contributed by atoms with van der Waals surface area (Å²) in [4.78, 5) is 12.6. The molecule has 0 spiro atoms. The number of hydrogen-bond acceptors (Lipinski definition) is 3. The van der Waals surface area contributed by atoms with Crippen molar-refractivity contribution in [2.75, 3.05) is 16.2 Å². The van der Waals surface area contributed by atoms with Gasteiger partial charge < -0.3 is 5.32 Å². The lowest BCUT2D eigenvalue weighted by molar-refractivity contribution is -0.114. The van der Waals surface area contributed by atoms with E-state index in [9.17, 15) is 17.6 Å². The number of rotatable bonds is 6. The van der Waals surface area contributed by atoms with Gasteiger partial charge in [0.1, 0.15) is 12.4 Å². The highest BCUT2D eigenvalue weighted by molar-refractivity contribution is 9.10. The zero-order valence-electron chi connectivity index (χ0n) is 14.5. The molecule has 3 aromatic carbocycles. The topological polar surface area (TPSA) is 66.5 Å². The Morgan fingerprint density at radius 2 is 1.64 bits per heavy atom. The van der Waals surface area contributed by atoms with Crippen molar-refractivity contribution in [1.82, 2.24) is 0 Å². The van der Waals surface area contributed by atoms with Crippen molar-refractivity contribution in [3.8, 4) is 0 Å². The third-order valence-corrected chi connectivity index (χ3v) is 6.14. The Labute approximate surface area is 171 Å². The minimum absolute atomic E-state index is 0.0150. The number of hydrogen-bond donors (Lipinski definition) is 1. The second-order valence-electron chi connectivity index (χ2n) is 5.83. The van der Waals surface area contributed by atoms with Crippen molar-refractivity contribution in [2.24, 2.45) is 0 Å². The van der Waals surface area contributed by atoms with Crippen molar-refractivity contribution < 1.29 is 17.6 Å². The largest absolute Gasteiger partial charge is 0.322 e. The van der Waals surface area contributed by atoms with Crippen LogP contribution in [0.15, 0.2) is 88.2 Å². The lowest BCUT2D eigenvalue weighted by Crippen LogP contribution is -2.38. The summed E-state index contributed by atoms with van der Waals surface area (Å²) in [5.74, 6) is -1.26. The lowest BCUT2D eigenvalue weighted by atomic mass is 10.3. The molecule has 8 heteroatoms. The molecule has 144 valence electrons. The molecule has 0 aliphatic heterocycles. The maximum Gasteiger partial charge on any atom is 0.264 e. The normalized spacial score (nSPS) is 11.1. The summed E-state index contributed by atoms with van der Waals surface area (Å²) in [6, 6.07) is 20.1. The van der Waals surface area contributed by atoms with Gasteiger partial charge in [-0.3, -0.25) is 9.10 Å². The van der Waals surface area contributed by atoms with Gasteiger partial charge in [-0.1, -0.05) is 52.3 Å². The van der Waals surface area contributed by atoms with Crippen LogP contribution in [0.2, 0.25) is 0 Å². The molecule has 0 aromatic heterocycles. The van der Waals surface area contributed by atoms with Gasteiger partial charge in [0.15, 0.2) is 0 Å². The molecule has 1 N–H and O–H groups in total. The van der Waals surface area contributed by atoms with Crippen molar-refractivity contribution in [2.45, 2.75) is 4.90 Å². The van der Waals surface area contributed by atoms with Gasteiger partial charge in [0.25, 0.3) is 10.0 Å². The van der Waals surface area contributed by atoms with E-state index >= 15 is 0 Å². The predicted molar refractivity (Wildman–Crippen MR) is 110 cm³/mol. The van der Waals surface area contributed by atoms with Crippen molar-refractivity contribution in [1.29, 1.82) is 0 Å². The van der Waals surface area contributed by atoms with Crippen molar-refractivity contribution in [3.05, 3.63) is 89.2 Å². The first kappa shape index (κ1) is 20.0. The van der Waals surface area contributed by atoms with E-state index in [0.717, 1.165) is 4.31 Å². The molecule has 1 amide bonds. The zero-order chi connectivity index (χ0) is 20.1. The minimum Gasteiger partial charge on any atom is -0.322 e. The quantitative estimate of drug-likeness (QED) is 0.589. The van der Waals surface area contributed by atoms with Crippen LogP contribution in [0, 0.1) is 5.82 Å². The Morgan fingerprint density at radius 1 is 0.964 bits per heavy atom. The number of nitrogens with zero attached hydrogens (tertiary/aromatic N) is 1. The average molecular weight is 463 g/mol. The van der Waals surface area contributed by atoms with E-state index in [-0.39, 0.29) is 10.6 Å². The van der Waals surface area contributed by atoms with E-state index in [1.807, 2.05) is 0 Å². The fraction of sp³-hybridized carbons (Fsp3) is 0.0500. The molecule has 0 fully saturated rings. The number of amides is 1. The van der Waals surface area contributed by atoms with Crippen LogP contribution >= 0.6 is 15.9 Å². The fourth-order valence-electron chi connectivity index (χ4n) is 2.55. The van der Waals surface area contributed by atoms with E-state index in [0.29, 0.717) is 10.2 Å². The van der Waals surface area contributed by atoms with Gasteiger partial charge in [0, 0.05) is 4.47 Å². The highest BCUT2D eigenvalue weighted by Gasteiger charge is 2.27. The number of benzene rings is 3. The van der Waals surface area contributed by atoms with Gasteiger partial charge in [0.05, 0.1) is 16.3 Å². The fourth-order valence-corrected chi connectivity index (χ4v) is 4.37. The van der Waals surface area contributed by atoms with Crippen LogP contribution in [0.25, 0.3) is 0 Å². The summed E-state index contributed by atoms with van der Waals surface area (Å²) in [6.45, 7) is -0.512. The Hall–Kier alpha value is -2.71. The van der Waals surface area contributed by atoms with Crippen LogP contribution in [0.1, 0.15) is 0 Å². The number of anilines is 2. The molecule has 0 aliphatic rings. The summed E-state index contributed by atoms with van der Waals surface area (Å²) in [6.07, 6.45) is 0. The van der Waals surface area contributed by atoms with Gasteiger partial charge >= 0.3 is 0 Å². The van der Waals surface area contributed by atoms with Crippen LogP contribution in [0.4, 0.5) is 15.8 Å². The molecule has 0 saturated heterocycles. The summed E-state index contributed by atoms with van der Waals surface area (Å²) in [7, 11) is -4.01. The molecule has 3 aromatic rings. The van der Waals surface area contributed by atoms with E-state index in [1.54, 1.807) is 48.5 Å². The molecule has 3 rings (SSSR count). The third kappa shape index (κ3) is 4.58. The number of nitrogens with one attached hydrogen (secondary N) is 1. The molecule has 0 radical (unpaired) electrons. The van der Waals surface area contributed by atoms with Crippen molar-refractivity contribution in [3.63, 3.8) is 0 Å². The minimum atomic E-state index is -4.01. The van der Waals surface area contributed by atoms with Gasteiger partial charge in [-0.2, -0.15) is 0 Å². The Kier molecular flexibility index (Phi) is 6.11. The predicted octanol–water partition coefficient (Wildman–Crippen LogP) is 4.42. The number of carbonyl (C=O) groups is 1.